The summed E-state index contributed by atoms with van der Waals surface area (Å²) in [5, 5.41) is 19.8. The van der Waals surface area contributed by atoms with Crippen molar-refractivity contribution < 1.29 is 4.74 Å². The fourth-order valence-electron chi connectivity index (χ4n) is 1.73. The van der Waals surface area contributed by atoms with E-state index in [1.165, 1.54) is 0 Å². The standard InChI is InChI=1S/C16H14BrN5O/c1-10-8-13(23-12-4-2-11(17)3-5-12)6-7-14(10)21-22-15(9-18)16(19)20/h2-8,21H,1H3,(H3,19,20)/b22-15+. The Bertz CT molecular complexity index is 793. The van der Waals surface area contributed by atoms with Crippen molar-refractivity contribution in [3.63, 3.8) is 0 Å². The molecule has 4 N–H and O–H groups in total. The highest BCUT2D eigenvalue weighted by molar-refractivity contribution is 9.10. The number of nitriles is 1. The van der Waals surface area contributed by atoms with Gasteiger partial charge in [0.1, 0.15) is 17.6 Å². The number of ether oxygens (including phenoxy) is 1. The van der Waals surface area contributed by atoms with Crippen LogP contribution in [0.5, 0.6) is 11.5 Å². The predicted molar refractivity (Wildman–Crippen MR) is 94.0 cm³/mol. The first-order chi connectivity index (χ1) is 11.0. The van der Waals surface area contributed by atoms with Gasteiger partial charge in [0, 0.05) is 4.47 Å². The van der Waals surface area contributed by atoms with E-state index in [2.05, 4.69) is 26.5 Å². The quantitative estimate of drug-likeness (QED) is 0.422. The Kier molecular flexibility index (Phi) is 5.33. The smallest absolute Gasteiger partial charge is 0.201 e. The zero-order valence-electron chi connectivity index (χ0n) is 12.3. The van der Waals surface area contributed by atoms with Crippen molar-refractivity contribution in [2.75, 3.05) is 5.43 Å². The minimum absolute atomic E-state index is 0.167. The molecule has 23 heavy (non-hydrogen) atoms. The highest BCUT2D eigenvalue weighted by atomic mass is 79.9. The molecular weight excluding hydrogens is 358 g/mol. The third-order valence-corrected chi connectivity index (χ3v) is 3.43. The zero-order chi connectivity index (χ0) is 16.8. The van der Waals surface area contributed by atoms with E-state index in [4.69, 9.17) is 21.1 Å². The molecule has 2 rings (SSSR count). The summed E-state index contributed by atoms with van der Waals surface area (Å²) in [6, 6.07) is 14.7. The van der Waals surface area contributed by atoms with Crippen molar-refractivity contribution in [2.24, 2.45) is 10.8 Å². The molecule has 2 aromatic carbocycles. The van der Waals surface area contributed by atoms with Crippen molar-refractivity contribution in [2.45, 2.75) is 6.92 Å². The molecule has 0 aliphatic carbocycles. The van der Waals surface area contributed by atoms with Gasteiger partial charge < -0.3 is 10.5 Å². The number of rotatable bonds is 5. The van der Waals surface area contributed by atoms with Gasteiger partial charge in [-0.3, -0.25) is 10.8 Å². The molecule has 0 radical (unpaired) electrons. The second-order valence-electron chi connectivity index (χ2n) is 4.63. The van der Waals surface area contributed by atoms with Gasteiger partial charge in [0.25, 0.3) is 0 Å². The lowest BCUT2D eigenvalue weighted by Gasteiger charge is -2.10. The van der Waals surface area contributed by atoms with Crippen LogP contribution >= 0.6 is 15.9 Å². The lowest BCUT2D eigenvalue weighted by Crippen LogP contribution is -2.21. The third-order valence-electron chi connectivity index (χ3n) is 2.90. The van der Waals surface area contributed by atoms with Gasteiger partial charge in [0.15, 0.2) is 5.84 Å². The number of anilines is 1. The highest BCUT2D eigenvalue weighted by Crippen LogP contribution is 2.27. The van der Waals surface area contributed by atoms with E-state index in [1.807, 2.05) is 37.3 Å². The maximum atomic E-state index is 8.81. The number of amidine groups is 1. The number of benzene rings is 2. The average molecular weight is 372 g/mol. The number of nitrogens with one attached hydrogen (secondary N) is 2. The molecule has 0 aliphatic heterocycles. The average Bonchev–Trinajstić information content (AvgIpc) is 2.51. The number of nitrogens with zero attached hydrogens (tertiary/aromatic N) is 2. The first kappa shape index (κ1) is 16.5. The Morgan fingerprint density at radius 1 is 1.26 bits per heavy atom. The molecule has 0 heterocycles. The molecular formula is C16H14BrN5O. The largest absolute Gasteiger partial charge is 0.457 e. The van der Waals surface area contributed by atoms with Gasteiger partial charge in [0.05, 0.1) is 5.69 Å². The van der Waals surface area contributed by atoms with Crippen molar-refractivity contribution in [1.29, 1.82) is 10.7 Å². The summed E-state index contributed by atoms with van der Waals surface area (Å²) in [5.74, 6) is 1.04. The number of nitrogens with two attached hydrogens (primary N) is 1. The van der Waals surface area contributed by atoms with Crippen LogP contribution in [0.15, 0.2) is 52.0 Å². The summed E-state index contributed by atoms with van der Waals surface area (Å²) in [6.45, 7) is 1.88. The summed E-state index contributed by atoms with van der Waals surface area (Å²) in [5.41, 5.74) is 9.37. The second-order valence-corrected chi connectivity index (χ2v) is 5.55. The maximum Gasteiger partial charge on any atom is 0.201 e. The molecule has 0 saturated carbocycles. The Morgan fingerprint density at radius 2 is 1.91 bits per heavy atom. The first-order valence-electron chi connectivity index (χ1n) is 6.62. The molecule has 6 nitrogen and oxygen atoms in total. The third kappa shape index (κ3) is 4.56. The number of hydrazone groups is 1. The van der Waals surface area contributed by atoms with Crippen LogP contribution in [-0.2, 0) is 0 Å². The van der Waals surface area contributed by atoms with E-state index in [0.29, 0.717) is 11.4 Å². The number of aryl methyl sites for hydroxylation is 1. The van der Waals surface area contributed by atoms with Crippen LogP contribution in [0.2, 0.25) is 0 Å². The van der Waals surface area contributed by atoms with E-state index >= 15 is 0 Å². The fourth-order valence-corrected chi connectivity index (χ4v) is 1.99. The Labute approximate surface area is 142 Å². The van der Waals surface area contributed by atoms with Gasteiger partial charge in [-0.05, 0) is 55.0 Å². The van der Waals surface area contributed by atoms with Gasteiger partial charge >= 0.3 is 0 Å². The summed E-state index contributed by atoms with van der Waals surface area (Å²) in [6.07, 6.45) is 0. The van der Waals surface area contributed by atoms with Gasteiger partial charge in [-0.15, -0.1) is 0 Å². The Hall–Kier alpha value is -2.85. The number of hydrogen-bond donors (Lipinski definition) is 3. The normalized spacial score (nSPS) is 10.7. The topological polar surface area (TPSA) is 107 Å². The van der Waals surface area contributed by atoms with Crippen LogP contribution in [0.25, 0.3) is 0 Å². The lowest BCUT2D eigenvalue weighted by molar-refractivity contribution is 0.482. The number of hydrogen-bond acceptors (Lipinski definition) is 5. The van der Waals surface area contributed by atoms with Crippen LogP contribution < -0.4 is 15.9 Å². The Balaban J connectivity index is 2.13. The monoisotopic (exact) mass is 371 g/mol. The fraction of sp³-hybridized carbons (Fsp3) is 0.0625. The van der Waals surface area contributed by atoms with Gasteiger partial charge in [-0.2, -0.15) is 10.4 Å². The first-order valence-corrected chi connectivity index (χ1v) is 7.41. The van der Waals surface area contributed by atoms with Crippen molar-refractivity contribution in [1.82, 2.24) is 0 Å². The molecule has 0 unspecified atom stereocenters. The molecule has 116 valence electrons. The van der Waals surface area contributed by atoms with Crippen molar-refractivity contribution in [3.8, 4) is 17.6 Å². The molecule has 0 atom stereocenters. The maximum absolute atomic E-state index is 8.81. The van der Waals surface area contributed by atoms with Crippen LogP contribution in [-0.4, -0.2) is 11.5 Å². The molecule has 0 bridgehead atoms. The van der Waals surface area contributed by atoms with E-state index in [0.717, 1.165) is 15.8 Å². The summed E-state index contributed by atoms with van der Waals surface area (Å²) < 4.78 is 6.75. The molecule has 0 amide bonds. The van der Waals surface area contributed by atoms with Crippen molar-refractivity contribution in [3.05, 3.63) is 52.5 Å². The molecule has 0 aliphatic rings. The Morgan fingerprint density at radius 3 is 2.48 bits per heavy atom. The molecule has 0 spiro atoms. The van der Waals surface area contributed by atoms with Crippen LogP contribution in [0.3, 0.4) is 0 Å². The van der Waals surface area contributed by atoms with Crippen LogP contribution in [0.4, 0.5) is 5.69 Å². The minimum Gasteiger partial charge on any atom is -0.457 e. The molecule has 7 heteroatoms. The minimum atomic E-state index is -0.382. The van der Waals surface area contributed by atoms with E-state index in [1.54, 1.807) is 18.2 Å². The van der Waals surface area contributed by atoms with Crippen LogP contribution in [0.1, 0.15) is 5.56 Å². The van der Waals surface area contributed by atoms with E-state index in [-0.39, 0.29) is 11.5 Å². The highest BCUT2D eigenvalue weighted by Gasteiger charge is 2.04. The lowest BCUT2D eigenvalue weighted by atomic mass is 10.2. The second kappa shape index (κ2) is 7.42. The molecule has 0 saturated heterocycles. The van der Waals surface area contributed by atoms with Crippen molar-refractivity contribution >= 4 is 33.2 Å². The van der Waals surface area contributed by atoms with E-state index in [9.17, 15) is 0 Å². The zero-order valence-corrected chi connectivity index (χ0v) is 13.9. The molecule has 0 aromatic heterocycles. The predicted octanol–water partition coefficient (Wildman–Crippen LogP) is 3.78. The molecule has 2 aromatic rings. The number of halogens is 1. The van der Waals surface area contributed by atoms with Crippen LogP contribution in [0, 0.1) is 23.7 Å². The van der Waals surface area contributed by atoms with E-state index < -0.39 is 0 Å². The SMILES string of the molecule is Cc1cc(Oc2ccc(Br)cc2)ccc1N/N=C(\C#N)C(=N)N. The molecule has 0 fully saturated rings. The summed E-state index contributed by atoms with van der Waals surface area (Å²) >= 11 is 3.37. The summed E-state index contributed by atoms with van der Waals surface area (Å²) in [4.78, 5) is 0. The summed E-state index contributed by atoms with van der Waals surface area (Å²) in [7, 11) is 0. The van der Waals surface area contributed by atoms with Gasteiger partial charge in [0.2, 0.25) is 5.71 Å². The van der Waals surface area contributed by atoms with Gasteiger partial charge in [-0.25, -0.2) is 0 Å². The van der Waals surface area contributed by atoms with Gasteiger partial charge in [-0.1, -0.05) is 15.9 Å².